The van der Waals surface area contributed by atoms with Gasteiger partial charge in [-0.15, -0.1) is 0 Å². The first-order chi connectivity index (χ1) is 13.6. The lowest BCUT2D eigenvalue weighted by Gasteiger charge is -2.21. The summed E-state index contributed by atoms with van der Waals surface area (Å²) in [7, 11) is 3.09. The molecule has 1 aromatic heterocycles. The molecule has 1 atom stereocenters. The molecular weight excluding hydrogens is 360 g/mol. The Balaban J connectivity index is 1.58. The van der Waals surface area contributed by atoms with Crippen molar-refractivity contribution >= 4 is 11.8 Å². The second-order valence-corrected chi connectivity index (χ2v) is 6.62. The number of carbonyl (C=O) groups excluding carboxylic acids is 2. The van der Waals surface area contributed by atoms with E-state index in [1.54, 1.807) is 7.11 Å². The maximum atomic E-state index is 12.5. The van der Waals surface area contributed by atoms with Crippen LogP contribution in [0.3, 0.4) is 0 Å². The fourth-order valence-electron chi connectivity index (χ4n) is 3.15. The summed E-state index contributed by atoms with van der Waals surface area (Å²) in [5.74, 6) is 0.611. The first kappa shape index (κ1) is 19.6. The number of nitrogens with zero attached hydrogens (tertiary/aromatic N) is 3. The highest BCUT2D eigenvalue weighted by Gasteiger charge is 2.24. The Hall–Kier alpha value is -3.16. The summed E-state index contributed by atoms with van der Waals surface area (Å²) in [4.78, 5) is 34.6. The lowest BCUT2D eigenvalue weighted by atomic mass is 10.1. The molecule has 28 heavy (non-hydrogen) atoms. The smallest absolute Gasteiger partial charge is 0.316 e. The van der Waals surface area contributed by atoms with E-state index in [0.29, 0.717) is 37.9 Å². The summed E-state index contributed by atoms with van der Waals surface area (Å²) in [6.07, 6.45) is 4.55. The van der Waals surface area contributed by atoms with Crippen LogP contribution in [-0.2, 0) is 11.3 Å². The maximum absolute atomic E-state index is 12.5. The first-order valence-electron chi connectivity index (χ1n) is 9.16. The molecule has 8 nitrogen and oxygen atoms in total. The summed E-state index contributed by atoms with van der Waals surface area (Å²) in [6.45, 7) is 1.11. The fourth-order valence-corrected chi connectivity index (χ4v) is 3.15. The number of carbonyl (C=O) groups is 2. The molecule has 0 saturated carbocycles. The molecule has 1 aromatic carbocycles. The third-order valence-corrected chi connectivity index (χ3v) is 4.72. The van der Waals surface area contributed by atoms with E-state index in [2.05, 4.69) is 15.3 Å². The van der Waals surface area contributed by atoms with Gasteiger partial charge in [-0.1, -0.05) is 12.1 Å². The standard InChI is InChI=1S/C20H24N4O4/c1-27-17-5-3-4-14(10-17)13-24-9-8-16(6-7-18(24)25)23-19(26)15-11-21-20(28-2)22-12-15/h3-5,10-12,16H,6-9,13H2,1-2H3,(H,23,26). The van der Waals surface area contributed by atoms with Crippen molar-refractivity contribution < 1.29 is 19.1 Å². The average molecular weight is 384 g/mol. The van der Waals surface area contributed by atoms with E-state index >= 15 is 0 Å². The molecule has 0 radical (unpaired) electrons. The molecule has 1 unspecified atom stereocenters. The van der Waals surface area contributed by atoms with Gasteiger partial charge in [0.15, 0.2) is 0 Å². The van der Waals surface area contributed by atoms with Crippen molar-refractivity contribution in [2.24, 2.45) is 0 Å². The van der Waals surface area contributed by atoms with Crippen molar-refractivity contribution in [1.82, 2.24) is 20.2 Å². The molecule has 1 aliphatic rings. The third kappa shape index (κ3) is 4.97. The quantitative estimate of drug-likeness (QED) is 0.816. The van der Waals surface area contributed by atoms with Crippen molar-refractivity contribution in [2.45, 2.75) is 31.8 Å². The van der Waals surface area contributed by atoms with E-state index in [9.17, 15) is 9.59 Å². The van der Waals surface area contributed by atoms with Gasteiger partial charge in [-0.05, 0) is 30.5 Å². The summed E-state index contributed by atoms with van der Waals surface area (Å²) in [5.41, 5.74) is 1.38. The van der Waals surface area contributed by atoms with Crippen LogP contribution in [-0.4, -0.2) is 53.5 Å². The summed E-state index contributed by atoms with van der Waals surface area (Å²) in [6, 6.07) is 7.84. The number of ether oxygens (including phenoxy) is 2. The van der Waals surface area contributed by atoms with Crippen LogP contribution < -0.4 is 14.8 Å². The predicted octanol–water partition coefficient (Wildman–Crippen LogP) is 1.80. The van der Waals surface area contributed by atoms with Gasteiger partial charge in [-0.3, -0.25) is 9.59 Å². The maximum Gasteiger partial charge on any atom is 0.316 e. The normalized spacial score (nSPS) is 17.0. The van der Waals surface area contributed by atoms with Crippen molar-refractivity contribution in [3.8, 4) is 11.8 Å². The van der Waals surface area contributed by atoms with Crippen LogP contribution in [0.4, 0.5) is 0 Å². The fraction of sp³-hybridized carbons (Fsp3) is 0.400. The molecule has 3 rings (SSSR count). The summed E-state index contributed by atoms with van der Waals surface area (Å²) < 4.78 is 10.1. The molecule has 1 aliphatic heterocycles. The molecule has 148 valence electrons. The topological polar surface area (TPSA) is 93.7 Å². The van der Waals surface area contributed by atoms with Crippen LogP contribution in [0.25, 0.3) is 0 Å². The number of amides is 2. The number of nitrogens with one attached hydrogen (secondary N) is 1. The van der Waals surface area contributed by atoms with Crippen LogP contribution in [0, 0.1) is 0 Å². The van der Waals surface area contributed by atoms with Crippen LogP contribution >= 0.6 is 0 Å². The van der Waals surface area contributed by atoms with E-state index in [1.807, 2.05) is 29.2 Å². The molecule has 2 aromatic rings. The molecule has 0 bridgehead atoms. The van der Waals surface area contributed by atoms with E-state index < -0.39 is 0 Å². The highest BCUT2D eigenvalue weighted by Crippen LogP contribution is 2.18. The second kappa shape index (κ2) is 9.16. The Labute approximate surface area is 163 Å². The molecule has 2 amide bonds. The molecule has 0 aliphatic carbocycles. The van der Waals surface area contributed by atoms with Gasteiger partial charge in [0.2, 0.25) is 5.91 Å². The Morgan fingerprint density at radius 1 is 1.21 bits per heavy atom. The summed E-state index contributed by atoms with van der Waals surface area (Å²) in [5, 5.41) is 2.98. The van der Waals surface area contributed by atoms with Crippen molar-refractivity contribution in [1.29, 1.82) is 0 Å². The molecule has 1 fully saturated rings. The first-order valence-corrected chi connectivity index (χ1v) is 9.16. The van der Waals surface area contributed by atoms with E-state index in [-0.39, 0.29) is 23.9 Å². The number of methoxy groups -OCH3 is 2. The minimum Gasteiger partial charge on any atom is -0.497 e. The van der Waals surface area contributed by atoms with E-state index in [1.165, 1.54) is 19.5 Å². The number of rotatable bonds is 6. The highest BCUT2D eigenvalue weighted by molar-refractivity contribution is 5.93. The van der Waals surface area contributed by atoms with Crippen LogP contribution in [0.2, 0.25) is 0 Å². The molecule has 0 spiro atoms. The lowest BCUT2D eigenvalue weighted by molar-refractivity contribution is -0.131. The monoisotopic (exact) mass is 384 g/mol. The number of aromatic nitrogens is 2. The zero-order valence-electron chi connectivity index (χ0n) is 16.1. The van der Waals surface area contributed by atoms with Gasteiger partial charge >= 0.3 is 6.01 Å². The van der Waals surface area contributed by atoms with Gasteiger partial charge in [0.1, 0.15) is 5.75 Å². The number of likely N-dealkylation sites (tertiary alicyclic amines) is 1. The zero-order chi connectivity index (χ0) is 19.9. The number of hydrogen-bond donors (Lipinski definition) is 1. The molecule has 1 saturated heterocycles. The third-order valence-electron chi connectivity index (χ3n) is 4.72. The zero-order valence-corrected chi connectivity index (χ0v) is 16.1. The molecule has 8 heteroatoms. The Morgan fingerprint density at radius 3 is 2.71 bits per heavy atom. The van der Waals surface area contributed by atoms with Gasteiger partial charge in [0.25, 0.3) is 5.91 Å². The van der Waals surface area contributed by atoms with Gasteiger partial charge < -0.3 is 19.7 Å². The van der Waals surface area contributed by atoms with Crippen LogP contribution in [0.5, 0.6) is 11.8 Å². The van der Waals surface area contributed by atoms with E-state index in [4.69, 9.17) is 9.47 Å². The largest absolute Gasteiger partial charge is 0.497 e. The Bertz CT molecular complexity index is 825. The molecule has 1 N–H and O–H groups in total. The number of hydrogen-bond acceptors (Lipinski definition) is 6. The minimum absolute atomic E-state index is 0.0751. The van der Waals surface area contributed by atoms with E-state index in [0.717, 1.165) is 11.3 Å². The van der Waals surface area contributed by atoms with Crippen LogP contribution in [0.1, 0.15) is 35.2 Å². The molecular formula is C20H24N4O4. The molecule has 2 heterocycles. The lowest BCUT2D eigenvalue weighted by Crippen LogP contribution is -2.36. The Morgan fingerprint density at radius 2 is 2.00 bits per heavy atom. The van der Waals surface area contributed by atoms with Crippen molar-refractivity contribution in [3.63, 3.8) is 0 Å². The highest BCUT2D eigenvalue weighted by atomic mass is 16.5. The van der Waals surface area contributed by atoms with Gasteiger partial charge in [0, 0.05) is 37.9 Å². The average Bonchev–Trinajstić information content (AvgIpc) is 2.90. The Kier molecular flexibility index (Phi) is 6.41. The SMILES string of the molecule is COc1cccc(CN2CCC(NC(=O)c3cnc(OC)nc3)CCC2=O)c1. The van der Waals surface area contributed by atoms with Crippen LogP contribution in [0.15, 0.2) is 36.7 Å². The second-order valence-electron chi connectivity index (χ2n) is 6.62. The van der Waals surface area contributed by atoms with Gasteiger partial charge in [-0.2, -0.15) is 0 Å². The van der Waals surface area contributed by atoms with Gasteiger partial charge in [-0.25, -0.2) is 9.97 Å². The summed E-state index contributed by atoms with van der Waals surface area (Å²) >= 11 is 0. The van der Waals surface area contributed by atoms with Crippen molar-refractivity contribution in [2.75, 3.05) is 20.8 Å². The predicted molar refractivity (Wildman–Crippen MR) is 102 cm³/mol. The minimum atomic E-state index is -0.249. The number of benzene rings is 1. The van der Waals surface area contributed by atoms with Crippen molar-refractivity contribution in [3.05, 3.63) is 47.8 Å². The van der Waals surface area contributed by atoms with Gasteiger partial charge in [0.05, 0.1) is 19.8 Å².